The standard InChI is InChI=1S/C23H28ClN3O2/c1-16-7-8-20(13-17(16)2)26-22(28)15-27-11-9-18(10-12-27)23(29)25-14-19-5-3-4-6-21(19)24/h3-8,13,18H,9-12,14-15H2,1-2H3,(H,25,29)(H,26,28). The lowest BCUT2D eigenvalue weighted by Crippen LogP contribution is -2.43. The molecule has 2 amide bonds. The summed E-state index contributed by atoms with van der Waals surface area (Å²) in [5.41, 5.74) is 4.11. The predicted octanol–water partition coefficient (Wildman–Crippen LogP) is 3.92. The van der Waals surface area contributed by atoms with Gasteiger partial charge in [0.25, 0.3) is 0 Å². The van der Waals surface area contributed by atoms with Crippen molar-refractivity contribution in [3.63, 3.8) is 0 Å². The maximum Gasteiger partial charge on any atom is 0.238 e. The molecule has 0 unspecified atom stereocenters. The largest absolute Gasteiger partial charge is 0.352 e. The van der Waals surface area contributed by atoms with Gasteiger partial charge in [0.1, 0.15) is 0 Å². The third-order valence-electron chi connectivity index (χ3n) is 5.53. The van der Waals surface area contributed by atoms with Crippen LogP contribution in [0.2, 0.25) is 5.02 Å². The van der Waals surface area contributed by atoms with Gasteiger partial charge in [0.05, 0.1) is 6.54 Å². The lowest BCUT2D eigenvalue weighted by molar-refractivity contribution is -0.126. The Morgan fingerprint density at radius 3 is 2.48 bits per heavy atom. The Kier molecular flexibility index (Phi) is 7.29. The van der Waals surface area contributed by atoms with Crippen molar-refractivity contribution in [1.29, 1.82) is 0 Å². The number of carbonyl (C=O) groups is 2. The first-order valence-electron chi connectivity index (χ1n) is 10.0. The molecule has 154 valence electrons. The van der Waals surface area contributed by atoms with Gasteiger partial charge in [-0.3, -0.25) is 14.5 Å². The number of piperidine rings is 1. The van der Waals surface area contributed by atoms with E-state index in [2.05, 4.69) is 22.5 Å². The van der Waals surface area contributed by atoms with E-state index >= 15 is 0 Å². The van der Waals surface area contributed by atoms with Crippen molar-refractivity contribution in [1.82, 2.24) is 10.2 Å². The Bertz CT molecular complexity index is 876. The lowest BCUT2D eigenvalue weighted by atomic mass is 9.96. The van der Waals surface area contributed by atoms with Crippen molar-refractivity contribution in [3.8, 4) is 0 Å². The molecular weight excluding hydrogens is 386 g/mol. The second-order valence-electron chi connectivity index (χ2n) is 7.71. The molecule has 1 aliphatic rings. The van der Waals surface area contributed by atoms with Crippen LogP contribution in [-0.4, -0.2) is 36.3 Å². The molecule has 0 aliphatic carbocycles. The van der Waals surface area contributed by atoms with Crippen LogP contribution in [0.4, 0.5) is 5.69 Å². The van der Waals surface area contributed by atoms with E-state index in [9.17, 15) is 9.59 Å². The normalized spacial score (nSPS) is 15.1. The fraction of sp³-hybridized carbons (Fsp3) is 0.391. The summed E-state index contributed by atoms with van der Waals surface area (Å²) in [6.07, 6.45) is 1.51. The highest BCUT2D eigenvalue weighted by Gasteiger charge is 2.25. The molecule has 0 atom stereocenters. The van der Waals surface area contributed by atoms with Gasteiger partial charge in [-0.15, -0.1) is 0 Å². The average molecular weight is 414 g/mol. The molecule has 2 aromatic carbocycles. The van der Waals surface area contributed by atoms with Crippen LogP contribution >= 0.6 is 11.6 Å². The van der Waals surface area contributed by atoms with E-state index in [0.29, 0.717) is 18.1 Å². The quantitative estimate of drug-likeness (QED) is 0.754. The highest BCUT2D eigenvalue weighted by molar-refractivity contribution is 6.31. The van der Waals surface area contributed by atoms with E-state index in [4.69, 9.17) is 11.6 Å². The minimum atomic E-state index is -0.0186. The van der Waals surface area contributed by atoms with Crippen LogP contribution < -0.4 is 10.6 Å². The smallest absolute Gasteiger partial charge is 0.238 e. The van der Waals surface area contributed by atoms with Crippen LogP contribution in [-0.2, 0) is 16.1 Å². The van der Waals surface area contributed by atoms with Gasteiger partial charge in [0.2, 0.25) is 11.8 Å². The van der Waals surface area contributed by atoms with Crippen LogP contribution in [0.25, 0.3) is 0 Å². The highest BCUT2D eigenvalue weighted by atomic mass is 35.5. The third kappa shape index (κ3) is 6.05. The Labute approximate surface area is 177 Å². The Morgan fingerprint density at radius 2 is 1.79 bits per heavy atom. The second kappa shape index (κ2) is 9.90. The van der Waals surface area contributed by atoms with E-state index in [-0.39, 0.29) is 17.7 Å². The van der Waals surface area contributed by atoms with Gasteiger partial charge in [-0.1, -0.05) is 35.9 Å². The number of benzene rings is 2. The van der Waals surface area contributed by atoms with Crippen molar-refractivity contribution in [2.24, 2.45) is 5.92 Å². The number of aryl methyl sites for hydroxylation is 2. The minimum Gasteiger partial charge on any atom is -0.352 e. The second-order valence-corrected chi connectivity index (χ2v) is 8.11. The molecule has 3 rings (SSSR count). The molecule has 6 heteroatoms. The molecule has 2 N–H and O–H groups in total. The summed E-state index contributed by atoms with van der Waals surface area (Å²) < 4.78 is 0. The van der Waals surface area contributed by atoms with Gasteiger partial charge in [0, 0.05) is 23.2 Å². The van der Waals surface area contributed by atoms with E-state index in [1.165, 1.54) is 5.56 Å². The molecule has 0 radical (unpaired) electrons. The van der Waals surface area contributed by atoms with E-state index in [1.54, 1.807) is 0 Å². The first-order valence-corrected chi connectivity index (χ1v) is 10.4. The maximum atomic E-state index is 12.5. The Morgan fingerprint density at radius 1 is 1.07 bits per heavy atom. The third-order valence-corrected chi connectivity index (χ3v) is 5.90. The zero-order valence-corrected chi connectivity index (χ0v) is 17.8. The number of hydrogen-bond donors (Lipinski definition) is 2. The van der Waals surface area contributed by atoms with Crippen molar-refractivity contribution < 1.29 is 9.59 Å². The van der Waals surface area contributed by atoms with Crippen LogP contribution in [0.1, 0.15) is 29.5 Å². The number of nitrogens with one attached hydrogen (secondary N) is 2. The van der Waals surface area contributed by atoms with E-state index < -0.39 is 0 Å². The molecule has 1 aliphatic heterocycles. The zero-order valence-electron chi connectivity index (χ0n) is 17.0. The highest BCUT2D eigenvalue weighted by Crippen LogP contribution is 2.19. The fourth-order valence-corrected chi connectivity index (χ4v) is 3.75. The molecule has 0 aromatic heterocycles. The van der Waals surface area contributed by atoms with Gasteiger partial charge >= 0.3 is 0 Å². The van der Waals surface area contributed by atoms with Crippen LogP contribution in [0.5, 0.6) is 0 Å². The summed E-state index contributed by atoms with van der Waals surface area (Å²) in [4.78, 5) is 26.9. The molecule has 1 fully saturated rings. The number of hydrogen-bond acceptors (Lipinski definition) is 3. The SMILES string of the molecule is Cc1ccc(NC(=O)CN2CCC(C(=O)NCc3ccccc3Cl)CC2)cc1C. The summed E-state index contributed by atoms with van der Waals surface area (Å²) in [5, 5.41) is 6.61. The van der Waals surface area contributed by atoms with Crippen molar-refractivity contribution in [3.05, 3.63) is 64.2 Å². The van der Waals surface area contributed by atoms with Crippen LogP contribution in [0.3, 0.4) is 0 Å². The molecule has 1 heterocycles. The molecule has 0 spiro atoms. The van der Waals surface area contributed by atoms with E-state index in [1.807, 2.05) is 49.4 Å². The van der Waals surface area contributed by atoms with Crippen molar-refractivity contribution in [2.45, 2.75) is 33.2 Å². The predicted molar refractivity (Wildman–Crippen MR) is 117 cm³/mol. The van der Waals surface area contributed by atoms with Gasteiger partial charge in [-0.05, 0) is 74.7 Å². The number of nitrogens with zero attached hydrogens (tertiary/aromatic N) is 1. The maximum absolute atomic E-state index is 12.5. The van der Waals surface area contributed by atoms with Crippen LogP contribution in [0, 0.1) is 19.8 Å². The van der Waals surface area contributed by atoms with E-state index in [0.717, 1.165) is 42.7 Å². The zero-order chi connectivity index (χ0) is 20.8. The average Bonchev–Trinajstić information content (AvgIpc) is 2.70. The number of amides is 2. The first-order chi connectivity index (χ1) is 13.9. The van der Waals surface area contributed by atoms with Gasteiger partial charge < -0.3 is 10.6 Å². The Balaban J connectivity index is 1.41. The molecule has 2 aromatic rings. The number of halogens is 1. The fourth-order valence-electron chi connectivity index (χ4n) is 3.54. The number of carbonyl (C=O) groups excluding carboxylic acids is 2. The molecular formula is C23H28ClN3O2. The topological polar surface area (TPSA) is 61.4 Å². The summed E-state index contributed by atoms with van der Waals surface area (Å²) in [7, 11) is 0. The first kappa shape index (κ1) is 21.3. The van der Waals surface area contributed by atoms with Crippen LogP contribution in [0.15, 0.2) is 42.5 Å². The van der Waals surface area contributed by atoms with Crippen molar-refractivity contribution in [2.75, 3.05) is 25.0 Å². The summed E-state index contributed by atoms with van der Waals surface area (Å²) in [6, 6.07) is 13.5. The number of rotatable bonds is 6. The summed E-state index contributed by atoms with van der Waals surface area (Å²) in [5.74, 6) is 0.0237. The van der Waals surface area contributed by atoms with Gasteiger partial charge in [-0.2, -0.15) is 0 Å². The number of likely N-dealkylation sites (tertiary alicyclic amines) is 1. The monoisotopic (exact) mass is 413 g/mol. The molecule has 29 heavy (non-hydrogen) atoms. The Hall–Kier alpha value is -2.37. The molecule has 1 saturated heterocycles. The molecule has 0 saturated carbocycles. The van der Waals surface area contributed by atoms with Gasteiger partial charge in [-0.25, -0.2) is 0 Å². The van der Waals surface area contributed by atoms with Gasteiger partial charge in [0.15, 0.2) is 0 Å². The lowest BCUT2D eigenvalue weighted by Gasteiger charge is -2.30. The molecule has 0 bridgehead atoms. The summed E-state index contributed by atoms with van der Waals surface area (Å²) >= 11 is 6.14. The number of anilines is 1. The summed E-state index contributed by atoms with van der Waals surface area (Å²) in [6.45, 7) is 6.36. The van der Waals surface area contributed by atoms with Crippen molar-refractivity contribution >= 4 is 29.1 Å². The molecule has 5 nitrogen and oxygen atoms in total. The minimum absolute atomic E-state index is 0.0171.